The Morgan fingerprint density at radius 3 is 2.94 bits per heavy atom. The molecule has 1 unspecified atom stereocenters. The van der Waals surface area contributed by atoms with Crippen molar-refractivity contribution in [1.29, 1.82) is 0 Å². The molecule has 94 valence electrons. The van der Waals surface area contributed by atoms with Gasteiger partial charge in [0.15, 0.2) is 0 Å². The van der Waals surface area contributed by atoms with Gasteiger partial charge in [0.1, 0.15) is 0 Å². The molecule has 0 saturated carbocycles. The third kappa shape index (κ3) is 2.25. The molecular formula is C16H20N2. The summed E-state index contributed by atoms with van der Waals surface area (Å²) in [4.78, 5) is 7.14. The van der Waals surface area contributed by atoms with Crippen LogP contribution in [0, 0.1) is 5.92 Å². The third-order valence-electron chi connectivity index (χ3n) is 3.82. The van der Waals surface area contributed by atoms with Gasteiger partial charge in [-0.3, -0.25) is 4.98 Å². The van der Waals surface area contributed by atoms with Crippen molar-refractivity contribution in [1.82, 2.24) is 9.88 Å². The highest BCUT2D eigenvalue weighted by Crippen LogP contribution is 2.27. The summed E-state index contributed by atoms with van der Waals surface area (Å²) in [7, 11) is 4.31. The first-order valence-electron chi connectivity index (χ1n) is 6.74. The second kappa shape index (κ2) is 4.69. The predicted octanol–water partition coefficient (Wildman–Crippen LogP) is 2.90. The Labute approximate surface area is 109 Å². The van der Waals surface area contributed by atoms with Gasteiger partial charge in [0, 0.05) is 17.6 Å². The number of aromatic nitrogens is 1. The highest BCUT2D eigenvalue weighted by molar-refractivity contribution is 5.79. The van der Waals surface area contributed by atoms with Gasteiger partial charge in [0.05, 0.1) is 5.52 Å². The van der Waals surface area contributed by atoms with Gasteiger partial charge in [-0.05, 0) is 57.0 Å². The molecule has 2 heteroatoms. The van der Waals surface area contributed by atoms with Crippen LogP contribution in [-0.4, -0.2) is 30.5 Å². The lowest BCUT2D eigenvalue weighted by Crippen LogP contribution is -2.27. The maximum Gasteiger partial charge on any atom is 0.0705 e. The summed E-state index contributed by atoms with van der Waals surface area (Å²) in [5.74, 6) is 0.765. The highest BCUT2D eigenvalue weighted by Gasteiger charge is 2.20. The van der Waals surface area contributed by atoms with Crippen molar-refractivity contribution < 1.29 is 0 Å². The Morgan fingerprint density at radius 2 is 2.11 bits per heavy atom. The van der Waals surface area contributed by atoms with Crippen LogP contribution in [0.15, 0.2) is 30.3 Å². The molecule has 18 heavy (non-hydrogen) atoms. The average Bonchev–Trinajstić information content (AvgIpc) is 2.35. The van der Waals surface area contributed by atoms with E-state index in [1.165, 1.54) is 36.0 Å². The molecule has 2 nitrogen and oxygen atoms in total. The summed E-state index contributed by atoms with van der Waals surface area (Å²) in [6.45, 7) is 1.17. The zero-order valence-electron chi connectivity index (χ0n) is 11.2. The number of hydrogen-bond donors (Lipinski definition) is 0. The van der Waals surface area contributed by atoms with E-state index in [2.05, 4.69) is 49.3 Å². The minimum absolute atomic E-state index is 0.765. The van der Waals surface area contributed by atoms with E-state index in [0.29, 0.717) is 0 Å². The molecule has 0 fully saturated rings. The van der Waals surface area contributed by atoms with Gasteiger partial charge in [-0.2, -0.15) is 0 Å². The molecule has 1 aliphatic carbocycles. The molecule has 0 saturated heterocycles. The van der Waals surface area contributed by atoms with Crippen molar-refractivity contribution in [2.75, 3.05) is 20.6 Å². The second-order valence-electron chi connectivity index (χ2n) is 5.66. The summed E-state index contributed by atoms with van der Waals surface area (Å²) in [6.07, 6.45) is 3.62. The smallest absolute Gasteiger partial charge is 0.0705 e. The lowest BCUT2D eigenvalue weighted by atomic mass is 9.86. The monoisotopic (exact) mass is 240 g/mol. The Hall–Kier alpha value is -1.41. The SMILES string of the molecule is CN(C)CC1CCc2cc3ccccc3nc2C1. The number of para-hydroxylation sites is 1. The van der Waals surface area contributed by atoms with Gasteiger partial charge in [0.2, 0.25) is 0 Å². The largest absolute Gasteiger partial charge is 0.309 e. The van der Waals surface area contributed by atoms with E-state index in [9.17, 15) is 0 Å². The van der Waals surface area contributed by atoms with E-state index in [4.69, 9.17) is 4.98 Å². The van der Waals surface area contributed by atoms with Gasteiger partial charge >= 0.3 is 0 Å². The molecule has 0 spiro atoms. The Bertz CT molecular complexity index is 560. The lowest BCUT2D eigenvalue weighted by molar-refractivity contribution is 0.301. The number of fused-ring (bicyclic) bond motifs is 2. The Morgan fingerprint density at radius 1 is 1.28 bits per heavy atom. The van der Waals surface area contributed by atoms with E-state index in [-0.39, 0.29) is 0 Å². The predicted molar refractivity (Wildman–Crippen MR) is 75.8 cm³/mol. The van der Waals surface area contributed by atoms with Gasteiger partial charge in [0.25, 0.3) is 0 Å². The van der Waals surface area contributed by atoms with E-state index in [1.807, 2.05) is 0 Å². The fourth-order valence-electron chi connectivity index (χ4n) is 3.00. The topological polar surface area (TPSA) is 16.1 Å². The van der Waals surface area contributed by atoms with Crippen LogP contribution < -0.4 is 0 Å². The van der Waals surface area contributed by atoms with Crippen LogP contribution in [0.5, 0.6) is 0 Å². The number of benzene rings is 1. The number of aryl methyl sites for hydroxylation is 1. The molecule has 2 aromatic rings. The van der Waals surface area contributed by atoms with Crippen molar-refractivity contribution in [3.05, 3.63) is 41.6 Å². The van der Waals surface area contributed by atoms with Crippen molar-refractivity contribution in [3.63, 3.8) is 0 Å². The molecule has 3 rings (SSSR count). The summed E-state index contributed by atoms with van der Waals surface area (Å²) < 4.78 is 0. The first kappa shape index (κ1) is 11.7. The maximum absolute atomic E-state index is 4.85. The van der Waals surface area contributed by atoms with Crippen LogP contribution in [0.2, 0.25) is 0 Å². The number of pyridine rings is 1. The van der Waals surface area contributed by atoms with Crippen LogP contribution >= 0.6 is 0 Å². The van der Waals surface area contributed by atoms with Crippen molar-refractivity contribution in [3.8, 4) is 0 Å². The fraction of sp³-hybridized carbons (Fsp3) is 0.438. The van der Waals surface area contributed by atoms with Crippen LogP contribution in [-0.2, 0) is 12.8 Å². The molecule has 0 amide bonds. The lowest BCUT2D eigenvalue weighted by Gasteiger charge is -2.26. The summed E-state index contributed by atoms with van der Waals surface area (Å²) in [5, 5.41) is 1.28. The van der Waals surface area contributed by atoms with Gasteiger partial charge < -0.3 is 4.90 Å². The van der Waals surface area contributed by atoms with Crippen molar-refractivity contribution >= 4 is 10.9 Å². The Kier molecular flexibility index (Phi) is 3.04. The normalized spacial score (nSPS) is 19.2. The minimum atomic E-state index is 0.765. The van der Waals surface area contributed by atoms with E-state index < -0.39 is 0 Å². The zero-order chi connectivity index (χ0) is 12.5. The summed E-state index contributed by atoms with van der Waals surface area (Å²) in [5.41, 5.74) is 3.93. The molecule has 0 N–H and O–H groups in total. The summed E-state index contributed by atoms with van der Waals surface area (Å²) >= 11 is 0. The van der Waals surface area contributed by atoms with E-state index in [0.717, 1.165) is 17.9 Å². The molecule has 0 radical (unpaired) electrons. The summed E-state index contributed by atoms with van der Waals surface area (Å²) in [6, 6.07) is 10.8. The number of hydrogen-bond acceptors (Lipinski definition) is 2. The molecular weight excluding hydrogens is 220 g/mol. The van der Waals surface area contributed by atoms with Gasteiger partial charge in [-0.1, -0.05) is 18.2 Å². The zero-order valence-corrected chi connectivity index (χ0v) is 11.2. The van der Waals surface area contributed by atoms with Crippen molar-refractivity contribution in [2.24, 2.45) is 5.92 Å². The van der Waals surface area contributed by atoms with E-state index in [1.54, 1.807) is 0 Å². The first-order valence-corrected chi connectivity index (χ1v) is 6.74. The molecule has 1 heterocycles. The van der Waals surface area contributed by atoms with Crippen LogP contribution in [0.4, 0.5) is 0 Å². The molecule has 1 atom stereocenters. The Balaban J connectivity index is 1.93. The molecule has 1 aliphatic rings. The third-order valence-corrected chi connectivity index (χ3v) is 3.82. The minimum Gasteiger partial charge on any atom is -0.309 e. The fourth-order valence-corrected chi connectivity index (χ4v) is 3.00. The average molecular weight is 240 g/mol. The molecule has 1 aromatic carbocycles. The van der Waals surface area contributed by atoms with Crippen LogP contribution in [0.25, 0.3) is 10.9 Å². The quantitative estimate of drug-likeness (QED) is 0.802. The second-order valence-corrected chi connectivity index (χ2v) is 5.66. The number of rotatable bonds is 2. The molecule has 0 aliphatic heterocycles. The van der Waals surface area contributed by atoms with Crippen molar-refractivity contribution in [2.45, 2.75) is 19.3 Å². The molecule has 0 bridgehead atoms. The maximum atomic E-state index is 4.85. The van der Waals surface area contributed by atoms with Crippen LogP contribution in [0.1, 0.15) is 17.7 Å². The molecule has 1 aromatic heterocycles. The standard InChI is InChI=1S/C16H20N2/c1-18(2)11-12-7-8-14-10-13-5-3-4-6-15(13)17-16(14)9-12/h3-6,10,12H,7-9,11H2,1-2H3. The van der Waals surface area contributed by atoms with Gasteiger partial charge in [-0.15, -0.1) is 0 Å². The van der Waals surface area contributed by atoms with Crippen LogP contribution in [0.3, 0.4) is 0 Å². The highest BCUT2D eigenvalue weighted by atomic mass is 15.1. The van der Waals surface area contributed by atoms with E-state index >= 15 is 0 Å². The number of nitrogens with zero attached hydrogens (tertiary/aromatic N) is 2. The first-order chi connectivity index (χ1) is 8.72. The van der Waals surface area contributed by atoms with Gasteiger partial charge in [-0.25, -0.2) is 0 Å².